The molecule has 1 aromatic heterocycles. The lowest BCUT2D eigenvalue weighted by Gasteiger charge is -2.20. The van der Waals surface area contributed by atoms with Gasteiger partial charge in [-0.05, 0) is 13.0 Å². The van der Waals surface area contributed by atoms with Crippen LogP contribution in [0.4, 0.5) is 15.8 Å². The zero-order valence-electron chi connectivity index (χ0n) is 11.0. The van der Waals surface area contributed by atoms with Crippen LogP contribution in [-0.2, 0) is 11.8 Å². The lowest BCUT2D eigenvalue weighted by atomic mass is 9.78. The van der Waals surface area contributed by atoms with Crippen molar-refractivity contribution < 1.29 is 19.2 Å². The van der Waals surface area contributed by atoms with Crippen molar-refractivity contribution in [2.24, 2.45) is 7.05 Å². The Morgan fingerprint density at radius 2 is 2.05 bits per heavy atom. The molecule has 0 aliphatic carbocycles. The Morgan fingerprint density at radius 3 is 2.55 bits per heavy atom. The summed E-state index contributed by atoms with van der Waals surface area (Å²) in [4.78, 5) is 12.4. The average Bonchev–Trinajstić information content (AvgIpc) is 2.67. The fraction of sp³-hybridized carbons (Fsp3) is 0.167. The summed E-state index contributed by atoms with van der Waals surface area (Å²) in [7, 11) is -0.351. The van der Waals surface area contributed by atoms with Crippen molar-refractivity contribution in [2.75, 3.05) is 4.90 Å². The van der Waals surface area contributed by atoms with Gasteiger partial charge in [-0.1, -0.05) is 18.2 Å². The minimum absolute atomic E-state index is 0.0180. The van der Waals surface area contributed by atoms with E-state index in [1.807, 2.05) is 0 Å². The second-order valence-electron chi connectivity index (χ2n) is 4.26. The van der Waals surface area contributed by atoms with Crippen LogP contribution < -0.4 is 10.4 Å². The number of carbonyl (C=O) groups excluding carboxylic acids is 1. The Balaban J connectivity index is 2.62. The van der Waals surface area contributed by atoms with Gasteiger partial charge in [0.1, 0.15) is 5.69 Å². The molecule has 0 saturated carbocycles. The van der Waals surface area contributed by atoms with Crippen LogP contribution in [0.5, 0.6) is 0 Å². The molecule has 0 spiro atoms. The Kier molecular flexibility index (Phi) is 3.87. The van der Waals surface area contributed by atoms with Crippen LogP contribution in [-0.4, -0.2) is 33.4 Å². The summed E-state index contributed by atoms with van der Waals surface area (Å²) in [6, 6.07) is 6.14. The molecule has 0 radical (unpaired) electrons. The lowest BCUT2D eigenvalue weighted by Crippen LogP contribution is -2.35. The van der Waals surface area contributed by atoms with Crippen molar-refractivity contribution in [3.05, 3.63) is 35.9 Å². The van der Waals surface area contributed by atoms with E-state index in [0.717, 1.165) is 9.58 Å². The third-order valence-corrected chi connectivity index (χ3v) is 2.94. The van der Waals surface area contributed by atoms with Gasteiger partial charge in [0.15, 0.2) is 0 Å². The molecule has 2 N–H and O–H groups in total. The number of halogens is 1. The van der Waals surface area contributed by atoms with Crippen molar-refractivity contribution >= 4 is 30.4 Å². The Morgan fingerprint density at radius 1 is 1.40 bits per heavy atom. The van der Waals surface area contributed by atoms with Gasteiger partial charge in [-0.25, -0.2) is 4.68 Å². The number of rotatable bonds is 4. The van der Waals surface area contributed by atoms with Gasteiger partial charge in [-0.15, -0.1) is 0 Å². The second kappa shape index (κ2) is 5.44. The average molecular weight is 277 g/mol. The summed E-state index contributed by atoms with van der Waals surface area (Å²) >= 11 is 0. The summed E-state index contributed by atoms with van der Waals surface area (Å²) < 4.78 is 15.1. The first-order chi connectivity index (χ1) is 9.47. The highest BCUT2D eigenvalue weighted by atomic mass is 19.1. The van der Waals surface area contributed by atoms with Crippen molar-refractivity contribution in [3.8, 4) is 0 Å². The fourth-order valence-electron chi connectivity index (χ4n) is 2.05. The molecule has 2 rings (SSSR count). The number of hydrogen-bond donors (Lipinski definition) is 2. The molecule has 20 heavy (non-hydrogen) atoms. The molecular formula is C12H13BFN3O3. The summed E-state index contributed by atoms with van der Waals surface area (Å²) in [5, 5.41) is 22.6. The highest BCUT2D eigenvalue weighted by Crippen LogP contribution is 2.28. The van der Waals surface area contributed by atoms with Gasteiger partial charge >= 0.3 is 7.12 Å². The molecule has 1 amide bonds. The normalized spacial score (nSPS) is 10.4. The molecule has 0 saturated heterocycles. The minimum atomic E-state index is -1.77. The molecule has 2 aromatic rings. The lowest BCUT2D eigenvalue weighted by molar-refractivity contribution is -0.106. The van der Waals surface area contributed by atoms with Gasteiger partial charge in [0.2, 0.25) is 12.4 Å². The predicted octanol–water partition coefficient (Wildman–Crippen LogP) is -0.158. The third-order valence-electron chi connectivity index (χ3n) is 2.94. The van der Waals surface area contributed by atoms with Gasteiger partial charge in [0, 0.05) is 18.2 Å². The van der Waals surface area contributed by atoms with E-state index in [4.69, 9.17) is 0 Å². The van der Waals surface area contributed by atoms with E-state index < -0.39 is 13.1 Å². The van der Waals surface area contributed by atoms with Gasteiger partial charge in [-0.2, -0.15) is 9.49 Å². The number of carbonyl (C=O) groups is 1. The van der Waals surface area contributed by atoms with Crippen molar-refractivity contribution in [3.63, 3.8) is 0 Å². The predicted molar refractivity (Wildman–Crippen MR) is 72.4 cm³/mol. The molecule has 0 bridgehead atoms. The molecule has 1 aromatic carbocycles. The zero-order valence-corrected chi connectivity index (χ0v) is 11.0. The highest BCUT2D eigenvalue weighted by Gasteiger charge is 2.25. The van der Waals surface area contributed by atoms with Gasteiger partial charge < -0.3 is 10.0 Å². The van der Waals surface area contributed by atoms with Crippen LogP contribution in [0.2, 0.25) is 0 Å². The van der Waals surface area contributed by atoms with Crippen LogP contribution >= 0.6 is 0 Å². The monoisotopic (exact) mass is 277 g/mol. The van der Waals surface area contributed by atoms with E-state index in [2.05, 4.69) is 5.10 Å². The molecular weight excluding hydrogens is 264 g/mol. The molecule has 0 atom stereocenters. The van der Waals surface area contributed by atoms with Gasteiger partial charge in [-0.3, -0.25) is 9.69 Å². The maximum absolute atomic E-state index is 14.1. The topological polar surface area (TPSA) is 78.6 Å². The summed E-state index contributed by atoms with van der Waals surface area (Å²) in [5.41, 5.74) is 0.588. The van der Waals surface area contributed by atoms with E-state index in [1.54, 1.807) is 19.1 Å². The molecule has 0 fully saturated rings. The van der Waals surface area contributed by atoms with Crippen molar-refractivity contribution in [1.82, 2.24) is 9.78 Å². The number of aryl methyl sites for hydroxylation is 2. The van der Waals surface area contributed by atoms with E-state index in [1.165, 1.54) is 19.2 Å². The van der Waals surface area contributed by atoms with Gasteiger partial charge in [0.05, 0.1) is 5.69 Å². The number of anilines is 2. The van der Waals surface area contributed by atoms with Crippen LogP contribution in [0, 0.1) is 12.9 Å². The number of amides is 1. The van der Waals surface area contributed by atoms with Crippen LogP contribution in [0.1, 0.15) is 5.69 Å². The Hall–Kier alpha value is -2.19. The maximum Gasteiger partial charge on any atom is 0.490 e. The SMILES string of the molecule is Cc1nn(C)c(F)c1N(C=O)c1ccccc1B(O)O. The molecule has 104 valence electrons. The summed E-state index contributed by atoms with van der Waals surface area (Å²) in [5.74, 6) is -0.683. The summed E-state index contributed by atoms with van der Waals surface area (Å²) in [6.45, 7) is 1.56. The largest absolute Gasteiger partial charge is 0.490 e. The first-order valence-corrected chi connectivity index (χ1v) is 5.86. The number of para-hydroxylation sites is 1. The van der Waals surface area contributed by atoms with E-state index in [0.29, 0.717) is 12.1 Å². The molecule has 8 heteroatoms. The third kappa shape index (κ3) is 2.30. The first-order valence-electron chi connectivity index (χ1n) is 5.86. The van der Waals surface area contributed by atoms with Crippen molar-refractivity contribution in [2.45, 2.75) is 6.92 Å². The van der Waals surface area contributed by atoms with Crippen LogP contribution in [0.3, 0.4) is 0 Å². The van der Waals surface area contributed by atoms with E-state index in [-0.39, 0.29) is 16.8 Å². The fourth-order valence-corrected chi connectivity index (χ4v) is 2.05. The number of aromatic nitrogens is 2. The first kappa shape index (κ1) is 14.2. The van der Waals surface area contributed by atoms with E-state index >= 15 is 0 Å². The number of nitrogens with zero attached hydrogens (tertiary/aromatic N) is 3. The Labute approximate surface area is 115 Å². The smallest absolute Gasteiger partial charge is 0.423 e. The minimum Gasteiger partial charge on any atom is -0.423 e. The molecule has 0 unspecified atom stereocenters. The molecule has 0 aliphatic heterocycles. The van der Waals surface area contributed by atoms with Gasteiger partial charge in [0.25, 0.3) is 0 Å². The second-order valence-corrected chi connectivity index (χ2v) is 4.26. The Bertz CT molecular complexity index is 645. The van der Waals surface area contributed by atoms with Crippen molar-refractivity contribution in [1.29, 1.82) is 0 Å². The number of benzene rings is 1. The molecule has 1 heterocycles. The van der Waals surface area contributed by atoms with Crippen LogP contribution in [0.15, 0.2) is 24.3 Å². The summed E-state index contributed by atoms with van der Waals surface area (Å²) in [6.07, 6.45) is 0.411. The zero-order chi connectivity index (χ0) is 14.9. The molecule has 6 nitrogen and oxygen atoms in total. The maximum atomic E-state index is 14.1. The highest BCUT2D eigenvalue weighted by molar-refractivity contribution is 6.60. The van der Waals surface area contributed by atoms with Crippen LogP contribution in [0.25, 0.3) is 0 Å². The quantitative estimate of drug-likeness (QED) is 0.601. The standard InChI is InChI=1S/C12H13BFN3O3/c1-8-11(12(14)16(2)15-8)17(7-18)10-6-4-3-5-9(10)13(19)20/h3-7,19-20H,1-2H3. The molecule has 0 aliphatic rings. The van der Waals surface area contributed by atoms with E-state index in [9.17, 15) is 19.2 Å². The number of hydrogen-bond acceptors (Lipinski definition) is 4.